The van der Waals surface area contributed by atoms with Gasteiger partial charge >= 0.3 is 0 Å². The Morgan fingerprint density at radius 1 is 1.20 bits per heavy atom. The summed E-state index contributed by atoms with van der Waals surface area (Å²) < 4.78 is 6.85. The van der Waals surface area contributed by atoms with Gasteiger partial charge in [-0.15, -0.1) is 11.3 Å². The van der Waals surface area contributed by atoms with Crippen LogP contribution in [-0.4, -0.2) is 13.2 Å². The quantitative estimate of drug-likeness (QED) is 0.695. The average molecular weight is 220 g/mol. The van der Waals surface area contributed by atoms with E-state index in [0.717, 1.165) is 26.1 Å². The van der Waals surface area contributed by atoms with Crippen LogP contribution in [0.5, 0.6) is 0 Å². The van der Waals surface area contributed by atoms with Crippen molar-refractivity contribution in [2.24, 2.45) is 0 Å². The Hall–Kier alpha value is -0.860. The molecule has 0 atom stereocenters. The van der Waals surface area contributed by atoms with E-state index in [1.165, 1.54) is 15.6 Å². The zero-order valence-corrected chi connectivity index (χ0v) is 9.85. The maximum absolute atomic E-state index is 5.48. The van der Waals surface area contributed by atoms with Gasteiger partial charge in [-0.25, -0.2) is 0 Å². The van der Waals surface area contributed by atoms with Crippen molar-refractivity contribution < 1.29 is 4.74 Å². The molecule has 2 rings (SSSR count). The second-order valence-electron chi connectivity index (χ2n) is 3.66. The van der Waals surface area contributed by atoms with E-state index in [4.69, 9.17) is 4.74 Å². The Bertz CT molecular complexity index is 419. The molecule has 1 aromatic carbocycles. The number of fused-ring (bicyclic) bond motifs is 1. The topological polar surface area (TPSA) is 9.23 Å². The van der Waals surface area contributed by atoms with E-state index < -0.39 is 0 Å². The van der Waals surface area contributed by atoms with E-state index in [1.807, 2.05) is 0 Å². The number of hydrogen-bond donors (Lipinski definition) is 0. The maximum Gasteiger partial charge on any atom is 0.0506 e. The molecular weight excluding hydrogens is 204 g/mol. The standard InChI is InChI=1S/C13H16OS/c1-2-7-14-8-5-11-3-4-13-12(10-11)6-9-15-13/h3-4,6,9-10H,2,5,7-8H2,1H3. The maximum atomic E-state index is 5.48. The van der Waals surface area contributed by atoms with Crippen LogP contribution in [0.2, 0.25) is 0 Å². The van der Waals surface area contributed by atoms with Crippen molar-refractivity contribution in [3.8, 4) is 0 Å². The third-order valence-electron chi connectivity index (χ3n) is 2.40. The van der Waals surface area contributed by atoms with E-state index in [9.17, 15) is 0 Å². The number of hydrogen-bond acceptors (Lipinski definition) is 2. The lowest BCUT2D eigenvalue weighted by Crippen LogP contribution is -1.99. The summed E-state index contributed by atoms with van der Waals surface area (Å²) in [5.74, 6) is 0. The van der Waals surface area contributed by atoms with Crippen molar-refractivity contribution in [1.82, 2.24) is 0 Å². The molecule has 0 fully saturated rings. The van der Waals surface area contributed by atoms with Gasteiger partial charge in [-0.1, -0.05) is 19.1 Å². The fraction of sp³-hybridized carbons (Fsp3) is 0.385. The SMILES string of the molecule is CCCOCCc1ccc2sccc2c1. The van der Waals surface area contributed by atoms with Crippen LogP contribution >= 0.6 is 11.3 Å². The van der Waals surface area contributed by atoms with Crippen molar-refractivity contribution in [3.63, 3.8) is 0 Å². The highest BCUT2D eigenvalue weighted by molar-refractivity contribution is 7.17. The fourth-order valence-electron chi connectivity index (χ4n) is 1.61. The molecule has 0 radical (unpaired) electrons. The van der Waals surface area contributed by atoms with Crippen LogP contribution in [0, 0.1) is 0 Å². The van der Waals surface area contributed by atoms with E-state index in [-0.39, 0.29) is 0 Å². The van der Waals surface area contributed by atoms with E-state index >= 15 is 0 Å². The van der Waals surface area contributed by atoms with E-state index in [1.54, 1.807) is 11.3 Å². The van der Waals surface area contributed by atoms with Crippen molar-refractivity contribution in [2.45, 2.75) is 19.8 Å². The second kappa shape index (κ2) is 5.29. The van der Waals surface area contributed by atoms with Gasteiger partial charge in [-0.2, -0.15) is 0 Å². The summed E-state index contributed by atoms with van der Waals surface area (Å²) in [5.41, 5.74) is 1.37. The van der Waals surface area contributed by atoms with Crippen LogP contribution in [0.15, 0.2) is 29.6 Å². The first-order valence-corrected chi connectivity index (χ1v) is 6.32. The van der Waals surface area contributed by atoms with Crippen LogP contribution in [-0.2, 0) is 11.2 Å². The lowest BCUT2D eigenvalue weighted by molar-refractivity contribution is 0.138. The van der Waals surface area contributed by atoms with Crippen molar-refractivity contribution >= 4 is 21.4 Å². The van der Waals surface area contributed by atoms with Gasteiger partial charge in [0.05, 0.1) is 6.61 Å². The number of rotatable bonds is 5. The van der Waals surface area contributed by atoms with Crippen molar-refractivity contribution in [2.75, 3.05) is 13.2 Å². The molecule has 0 bridgehead atoms. The molecule has 0 unspecified atom stereocenters. The van der Waals surface area contributed by atoms with Gasteiger partial charge in [0.15, 0.2) is 0 Å². The predicted molar refractivity (Wildman–Crippen MR) is 66.6 cm³/mol. The molecule has 1 heterocycles. The van der Waals surface area contributed by atoms with Gasteiger partial charge in [-0.3, -0.25) is 0 Å². The van der Waals surface area contributed by atoms with Crippen molar-refractivity contribution in [1.29, 1.82) is 0 Å². The highest BCUT2D eigenvalue weighted by Gasteiger charge is 1.97. The highest BCUT2D eigenvalue weighted by atomic mass is 32.1. The summed E-state index contributed by atoms with van der Waals surface area (Å²) in [7, 11) is 0. The summed E-state index contributed by atoms with van der Waals surface area (Å²) in [6.45, 7) is 3.85. The van der Waals surface area contributed by atoms with Crippen LogP contribution in [0.1, 0.15) is 18.9 Å². The van der Waals surface area contributed by atoms with Crippen LogP contribution in [0.4, 0.5) is 0 Å². The van der Waals surface area contributed by atoms with Crippen molar-refractivity contribution in [3.05, 3.63) is 35.2 Å². The van der Waals surface area contributed by atoms with Crippen LogP contribution in [0.3, 0.4) is 0 Å². The molecule has 0 aliphatic heterocycles. The third kappa shape index (κ3) is 2.80. The predicted octanol–water partition coefficient (Wildman–Crippen LogP) is 3.87. The lowest BCUT2D eigenvalue weighted by atomic mass is 10.1. The number of benzene rings is 1. The smallest absolute Gasteiger partial charge is 0.0506 e. The first-order valence-electron chi connectivity index (χ1n) is 5.44. The van der Waals surface area contributed by atoms with Crippen LogP contribution in [0.25, 0.3) is 10.1 Å². The van der Waals surface area contributed by atoms with E-state index in [2.05, 4.69) is 36.6 Å². The molecule has 0 amide bonds. The highest BCUT2D eigenvalue weighted by Crippen LogP contribution is 2.21. The molecule has 0 aliphatic rings. The molecule has 0 aliphatic carbocycles. The normalized spacial score (nSPS) is 11.0. The summed E-state index contributed by atoms with van der Waals surface area (Å²) in [6.07, 6.45) is 2.12. The average Bonchev–Trinajstić information content (AvgIpc) is 2.71. The molecule has 80 valence electrons. The zero-order valence-electron chi connectivity index (χ0n) is 9.03. The van der Waals surface area contributed by atoms with Gasteiger partial charge in [0.25, 0.3) is 0 Å². The minimum atomic E-state index is 0.837. The number of ether oxygens (including phenoxy) is 1. The van der Waals surface area contributed by atoms with Gasteiger partial charge < -0.3 is 4.74 Å². The third-order valence-corrected chi connectivity index (χ3v) is 3.30. The summed E-state index contributed by atoms with van der Waals surface area (Å²) in [6, 6.07) is 8.85. The molecule has 1 aromatic heterocycles. The molecule has 0 saturated heterocycles. The fourth-order valence-corrected chi connectivity index (χ4v) is 2.38. The second-order valence-corrected chi connectivity index (χ2v) is 4.60. The van der Waals surface area contributed by atoms with Gasteiger partial charge in [0.2, 0.25) is 0 Å². The number of thiophene rings is 1. The van der Waals surface area contributed by atoms with Gasteiger partial charge in [0, 0.05) is 11.3 Å². The minimum absolute atomic E-state index is 0.837. The van der Waals surface area contributed by atoms with E-state index in [0.29, 0.717) is 0 Å². The monoisotopic (exact) mass is 220 g/mol. The van der Waals surface area contributed by atoms with Gasteiger partial charge in [0.1, 0.15) is 0 Å². The molecule has 0 N–H and O–H groups in total. The van der Waals surface area contributed by atoms with Gasteiger partial charge in [-0.05, 0) is 41.3 Å². The first-order chi connectivity index (χ1) is 7.40. The Kier molecular flexibility index (Phi) is 3.75. The molecule has 2 heteroatoms. The molecular formula is C13H16OS. The molecule has 0 spiro atoms. The Labute approximate surface area is 94.7 Å². The summed E-state index contributed by atoms with van der Waals surface area (Å²) in [5, 5.41) is 3.50. The zero-order chi connectivity index (χ0) is 10.5. The Morgan fingerprint density at radius 2 is 2.13 bits per heavy atom. The summed E-state index contributed by atoms with van der Waals surface area (Å²) in [4.78, 5) is 0. The lowest BCUT2D eigenvalue weighted by Gasteiger charge is -2.02. The largest absolute Gasteiger partial charge is 0.381 e. The van der Waals surface area contributed by atoms with Crippen LogP contribution < -0.4 is 0 Å². The molecule has 2 aromatic rings. The Balaban J connectivity index is 1.96. The Morgan fingerprint density at radius 3 is 3.00 bits per heavy atom. The minimum Gasteiger partial charge on any atom is -0.381 e. The summed E-state index contributed by atoms with van der Waals surface area (Å²) >= 11 is 1.80. The molecule has 1 nitrogen and oxygen atoms in total. The first kappa shape index (κ1) is 10.7. The molecule has 15 heavy (non-hydrogen) atoms. The molecule has 0 saturated carbocycles.